The number of aromatic nitrogens is 2. The average molecular weight is 224 g/mol. The number of likely N-dealkylation sites (N-methyl/N-ethyl adjacent to an activating group) is 1. The Balaban J connectivity index is 3.06. The molecule has 5 heteroatoms. The van der Waals surface area contributed by atoms with E-state index in [0.29, 0.717) is 12.4 Å². The van der Waals surface area contributed by atoms with Gasteiger partial charge in [-0.2, -0.15) is 0 Å². The van der Waals surface area contributed by atoms with Crippen LogP contribution in [0.1, 0.15) is 26.8 Å². The number of rotatable bonds is 4. The molecule has 1 aromatic rings. The molecule has 1 unspecified atom stereocenters. The smallest absolute Gasteiger partial charge is 0.293 e. The first-order chi connectivity index (χ1) is 7.43. The van der Waals surface area contributed by atoms with E-state index in [1.807, 2.05) is 27.8 Å². The van der Waals surface area contributed by atoms with Gasteiger partial charge >= 0.3 is 0 Å². The number of hydrogen-bond donors (Lipinski definition) is 1. The maximum atomic E-state index is 12.1. The number of hydrogen-bond acceptors (Lipinski definition) is 4. The molecule has 16 heavy (non-hydrogen) atoms. The van der Waals surface area contributed by atoms with Gasteiger partial charge in [-0.15, -0.1) is 0 Å². The summed E-state index contributed by atoms with van der Waals surface area (Å²) in [6, 6.07) is 0.150. The summed E-state index contributed by atoms with van der Waals surface area (Å²) < 4.78 is 1.67. The summed E-state index contributed by atoms with van der Waals surface area (Å²) in [5.41, 5.74) is 5.63. The molecular weight excluding hydrogens is 204 g/mol. The first-order valence-corrected chi connectivity index (χ1v) is 5.47. The van der Waals surface area contributed by atoms with Gasteiger partial charge in [0.15, 0.2) is 5.82 Å². The third kappa shape index (κ3) is 2.82. The van der Waals surface area contributed by atoms with Crippen molar-refractivity contribution in [2.75, 3.05) is 18.5 Å². The molecule has 0 fully saturated rings. The SMILES string of the molecule is CC(N)CN(C)c1nccn(C(C)C)c1=O. The van der Waals surface area contributed by atoms with Crippen LogP contribution in [0, 0.1) is 0 Å². The van der Waals surface area contributed by atoms with Gasteiger partial charge in [-0.05, 0) is 20.8 Å². The Bertz CT molecular complexity index is 397. The van der Waals surface area contributed by atoms with E-state index in [-0.39, 0.29) is 17.6 Å². The lowest BCUT2D eigenvalue weighted by molar-refractivity contribution is 0.571. The van der Waals surface area contributed by atoms with Crippen LogP contribution in [0.15, 0.2) is 17.2 Å². The van der Waals surface area contributed by atoms with E-state index in [0.717, 1.165) is 0 Å². The predicted octanol–water partition coefficient (Wildman–Crippen LogP) is 0.608. The van der Waals surface area contributed by atoms with Crippen LogP contribution in [-0.2, 0) is 0 Å². The second-order valence-electron chi connectivity index (χ2n) is 4.41. The molecule has 0 saturated heterocycles. The Hall–Kier alpha value is -1.36. The first-order valence-electron chi connectivity index (χ1n) is 5.47. The summed E-state index contributed by atoms with van der Waals surface area (Å²) in [7, 11) is 1.83. The molecule has 1 heterocycles. The molecule has 1 rings (SSSR count). The van der Waals surface area contributed by atoms with Gasteiger partial charge in [0.2, 0.25) is 0 Å². The molecule has 2 N–H and O–H groups in total. The lowest BCUT2D eigenvalue weighted by atomic mass is 10.3. The third-order valence-electron chi connectivity index (χ3n) is 2.33. The largest absolute Gasteiger partial charge is 0.354 e. The quantitative estimate of drug-likeness (QED) is 0.813. The van der Waals surface area contributed by atoms with Crippen molar-refractivity contribution in [2.24, 2.45) is 5.73 Å². The predicted molar refractivity (Wildman–Crippen MR) is 65.8 cm³/mol. The fourth-order valence-corrected chi connectivity index (χ4v) is 1.60. The van der Waals surface area contributed by atoms with Crippen LogP contribution in [0.25, 0.3) is 0 Å². The number of anilines is 1. The fourth-order valence-electron chi connectivity index (χ4n) is 1.60. The summed E-state index contributed by atoms with van der Waals surface area (Å²) in [5.74, 6) is 0.452. The zero-order valence-electron chi connectivity index (χ0n) is 10.3. The Morgan fingerprint density at radius 1 is 1.50 bits per heavy atom. The number of nitrogens with zero attached hydrogens (tertiary/aromatic N) is 3. The van der Waals surface area contributed by atoms with E-state index >= 15 is 0 Å². The van der Waals surface area contributed by atoms with Crippen molar-refractivity contribution in [3.8, 4) is 0 Å². The van der Waals surface area contributed by atoms with Crippen LogP contribution in [0.2, 0.25) is 0 Å². The number of nitrogens with two attached hydrogens (primary N) is 1. The zero-order chi connectivity index (χ0) is 12.3. The van der Waals surface area contributed by atoms with Crippen molar-refractivity contribution in [1.29, 1.82) is 0 Å². The molecule has 0 aliphatic rings. The van der Waals surface area contributed by atoms with E-state index < -0.39 is 0 Å². The lowest BCUT2D eigenvalue weighted by Crippen LogP contribution is -2.38. The summed E-state index contributed by atoms with van der Waals surface area (Å²) in [6.07, 6.45) is 3.35. The van der Waals surface area contributed by atoms with Gasteiger partial charge in [-0.25, -0.2) is 4.98 Å². The minimum atomic E-state index is -0.0688. The van der Waals surface area contributed by atoms with Gasteiger partial charge in [-0.3, -0.25) is 4.79 Å². The molecule has 90 valence electrons. The fraction of sp³-hybridized carbons (Fsp3) is 0.636. The second kappa shape index (κ2) is 5.12. The molecular formula is C11H20N4O. The molecule has 0 amide bonds. The molecule has 0 radical (unpaired) electrons. The average Bonchev–Trinajstić information content (AvgIpc) is 2.16. The van der Waals surface area contributed by atoms with Crippen molar-refractivity contribution in [3.05, 3.63) is 22.7 Å². The van der Waals surface area contributed by atoms with Gasteiger partial charge in [0, 0.05) is 38.1 Å². The van der Waals surface area contributed by atoms with E-state index in [1.54, 1.807) is 21.9 Å². The zero-order valence-corrected chi connectivity index (χ0v) is 10.3. The molecule has 1 aromatic heterocycles. The van der Waals surface area contributed by atoms with Gasteiger partial charge in [0.05, 0.1) is 0 Å². The van der Waals surface area contributed by atoms with E-state index in [4.69, 9.17) is 5.73 Å². The minimum absolute atomic E-state index is 0.0129. The molecule has 1 atom stereocenters. The summed E-state index contributed by atoms with van der Waals surface area (Å²) in [4.78, 5) is 18.0. The van der Waals surface area contributed by atoms with Gasteiger partial charge < -0.3 is 15.2 Å². The molecule has 0 aliphatic heterocycles. The van der Waals surface area contributed by atoms with Gasteiger partial charge in [0.1, 0.15) is 0 Å². The monoisotopic (exact) mass is 224 g/mol. The van der Waals surface area contributed by atoms with Crippen molar-refractivity contribution < 1.29 is 0 Å². The summed E-state index contributed by atoms with van der Waals surface area (Å²) >= 11 is 0. The summed E-state index contributed by atoms with van der Waals surface area (Å²) in [6.45, 7) is 6.46. The Kier molecular flexibility index (Phi) is 4.06. The molecule has 0 spiro atoms. The van der Waals surface area contributed by atoms with Gasteiger partial charge in [0.25, 0.3) is 5.56 Å². The second-order valence-corrected chi connectivity index (χ2v) is 4.41. The van der Waals surface area contributed by atoms with Crippen LogP contribution in [0.3, 0.4) is 0 Å². The first kappa shape index (κ1) is 12.7. The molecule has 0 aromatic carbocycles. The molecule has 0 saturated carbocycles. The van der Waals surface area contributed by atoms with Crippen LogP contribution in [0.5, 0.6) is 0 Å². The van der Waals surface area contributed by atoms with Crippen molar-refractivity contribution in [1.82, 2.24) is 9.55 Å². The molecule has 0 bridgehead atoms. The van der Waals surface area contributed by atoms with E-state index in [2.05, 4.69) is 4.98 Å². The highest BCUT2D eigenvalue weighted by Gasteiger charge is 2.12. The normalized spacial score (nSPS) is 12.9. The minimum Gasteiger partial charge on any atom is -0.354 e. The van der Waals surface area contributed by atoms with Crippen molar-refractivity contribution >= 4 is 5.82 Å². The Morgan fingerprint density at radius 2 is 2.12 bits per heavy atom. The van der Waals surface area contributed by atoms with Gasteiger partial charge in [-0.1, -0.05) is 0 Å². The van der Waals surface area contributed by atoms with Crippen LogP contribution in [-0.4, -0.2) is 29.2 Å². The van der Waals surface area contributed by atoms with Crippen LogP contribution in [0.4, 0.5) is 5.82 Å². The Morgan fingerprint density at radius 3 is 2.62 bits per heavy atom. The topological polar surface area (TPSA) is 64.2 Å². The maximum absolute atomic E-state index is 12.1. The standard InChI is InChI=1S/C11H20N4O/c1-8(2)15-6-5-13-10(11(15)16)14(4)7-9(3)12/h5-6,8-9H,7,12H2,1-4H3. The van der Waals surface area contributed by atoms with Crippen LogP contribution >= 0.6 is 0 Å². The highest BCUT2D eigenvalue weighted by Crippen LogP contribution is 2.04. The van der Waals surface area contributed by atoms with Crippen LogP contribution < -0.4 is 16.2 Å². The lowest BCUT2D eigenvalue weighted by Gasteiger charge is -2.20. The molecule has 0 aliphatic carbocycles. The van der Waals surface area contributed by atoms with E-state index in [1.165, 1.54) is 0 Å². The summed E-state index contributed by atoms with van der Waals surface area (Å²) in [5, 5.41) is 0. The Labute approximate surface area is 95.9 Å². The highest BCUT2D eigenvalue weighted by molar-refractivity contribution is 5.34. The highest BCUT2D eigenvalue weighted by atomic mass is 16.1. The maximum Gasteiger partial charge on any atom is 0.293 e. The van der Waals surface area contributed by atoms with Crippen molar-refractivity contribution in [3.63, 3.8) is 0 Å². The van der Waals surface area contributed by atoms with Crippen molar-refractivity contribution in [2.45, 2.75) is 32.9 Å². The molecule has 5 nitrogen and oxygen atoms in total. The van der Waals surface area contributed by atoms with E-state index in [9.17, 15) is 4.79 Å². The third-order valence-corrected chi connectivity index (χ3v) is 2.33.